The first kappa shape index (κ1) is 20.0. The molecule has 2 aromatic carbocycles. The molecule has 0 fully saturated rings. The standard InChI is InChI=1S/C21H25ClN2O2/c1-5-15-10-8-9-14(4)19(15)24-21(26)18(13(2)3)23-20(25)16-11-6-7-12-17(16)22/h6-13,18H,5H2,1-4H3,(H,23,25)(H,24,26). The summed E-state index contributed by atoms with van der Waals surface area (Å²) in [5.41, 5.74) is 3.24. The number of carbonyl (C=O) groups excluding carboxylic acids is 2. The lowest BCUT2D eigenvalue weighted by Crippen LogP contribution is -2.47. The molecular formula is C21H25ClN2O2. The minimum absolute atomic E-state index is 0.0736. The van der Waals surface area contributed by atoms with Crippen molar-refractivity contribution in [2.75, 3.05) is 5.32 Å². The molecule has 2 N–H and O–H groups in total. The molecule has 4 nitrogen and oxygen atoms in total. The van der Waals surface area contributed by atoms with E-state index in [0.29, 0.717) is 10.6 Å². The van der Waals surface area contributed by atoms with E-state index in [1.54, 1.807) is 24.3 Å². The molecule has 2 amide bonds. The first-order valence-electron chi connectivity index (χ1n) is 8.79. The highest BCUT2D eigenvalue weighted by Gasteiger charge is 2.26. The fourth-order valence-electron chi connectivity index (χ4n) is 2.80. The minimum Gasteiger partial charge on any atom is -0.340 e. The van der Waals surface area contributed by atoms with Crippen LogP contribution in [0.2, 0.25) is 5.02 Å². The predicted molar refractivity (Wildman–Crippen MR) is 107 cm³/mol. The molecule has 26 heavy (non-hydrogen) atoms. The van der Waals surface area contributed by atoms with Crippen molar-refractivity contribution >= 4 is 29.1 Å². The SMILES string of the molecule is CCc1cccc(C)c1NC(=O)C(NC(=O)c1ccccc1Cl)C(C)C. The highest BCUT2D eigenvalue weighted by atomic mass is 35.5. The number of rotatable bonds is 6. The predicted octanol–water partition coefficient (Wildman–Crippen LogP) is 4.60. The lowest BCUT2D eigenvalue weighted by atomic mass is 10.0. The van der Waals surface area contributed by atoms with E-state index in [0.717, 1.165) is 23.2 Å². The summed E-state index contributed by atoms with van der Waals surface area (Å²) < 4.78 is 0. The average molecular weight is 373 g/mol. The first-order chi connectivity index (χ1) is 12.3. The van der Waals surface area contributed by atoms with Crippen molar-refractivity contribution < 1.29 is 9.59 Å². The molecule has 1 atom stereocenters. The van der Waals surface area contributed by atoms with Crippen molar-refractivity contribution in [3.63, 3.8) is 0 Å². The van der Waals surface area contributed by atoms with Gasteiger partial charge in [0.15, 0.2) is 0 Å². The normalized spacial score (nSPS) is 11.9. The summed E-state index contributed by atoms with van der Waals surface area (Å²) in [4.78, 5) is 25.4. The van der Waals surface area contributed by atoms with Crippen LogP contribution in [0.1, 0.15) is 42.3 Å². The van der Waals surface area contributed by atoms with Crippen LogP contribution in [-0.2, 0) is 11.2 Å². The van der Waals surface area contributed by atoms with Crippen LogP contribution in [0.3, 0.4) is 0 Å². The van der Waals surface area contributed by atoms with Gasteiger partial charge in [-0.2, -0.15) is 0 Å². The van der Waals surface area contributed by atoms with E-state index in [9.17, 15) is 9.59 Å². The quantitative estimate of drug-likeness (QED) is 0.778. The van der Waals surface area contributed by atoms with Crippen LogP contribution >= 0.6 is 11.6 Å². The fraction of sp³-hybridized carbons (Fsp3) is 0.333. The van der Waals surface area contributed by atoms with Crippen LogP contribution in [-0.4, -0.2) is 17.9 Å². The maximum atomic E-state index is 12.9. The maximum absolute atomic E-state index is 12.9. The Morgan fingerprint density at radius 1 is 1.08 bits per heavy atom. The summed E-state index contributed by atoms with van der Waals surface area (Å²) in [7, 11) is 0. The highest BCUT2D eigenvalue weighted by molar-refractivity contribution is 6.33. The van der Waals surface area contributed by atoms with Gasteiger partial charge in [-0.15, -0.1) is 0 Å². The number of amides is 2. The number of carbonyl (C=O) groups is 2. The minimum atomic E-state index is -0.664. The van der Waals surface area contributed by atoms with Gasteiger partial charge in [0.1, 0.15) is 6.04 Å². The van der Waals surface area contributed by atoms with Crippen LogP contribution in [0.15, 0.2) is 42.5 Å². The van der Waals surface area contributed by atoms with Crippen LogP contribution < -0.4 is 10.6 Å². The first-order valence-corrected chi connectivity index (χ1v) is 9.17. The maximum Gasteiger partial charge on any atom is 0.253 e. The highest BCUT2D eigenvalue weighted by Crippen LogP contribution is 2.22. The van der Waals surface area contributed by atoms with E-state index >= 15 is 0 Å². The molecule has 0 saturated heterocycles. The molecule has 0 aliphatic carbocycles. The van der Waals surface area contributed by atoms with Crippen molar-refractivity contribution in [1.29, 1.82) is 0 Å². The zero-order chi connectivity index (χ0) is 19.3. The number of para-hydroxylation sites is 1. The number of anilines is 1. The van der Waals surface area contributed by atoms with Gasteiger partial charge in [-0.25, -0.2) is 0 Å². The fourth-order valence-corrected chi connectivity index (χ4v) is 3.02. The van der Waals surface area contributed by atoms with Crippen molar-refractivity contribution in [3.05, 3.63) is 64.2 Å². The Bertz CT molecular complexity index is 802. The Labute approximate surface area is 159 Å². The molecule has 138 valence electrons. The molecule has 0 aromatic heterocycles. The van der Waals surface area contributed by atoms with Crippen LogP contribution in [0, 0.1) is 12.8 Å². The molecule has 1 unspecified atom stereocenters. The Morgan fingerprint density at radius 2 is 1.77 bits per heavy atom. The lowest BCUT2D eigenvalue weighted by molar-refractivity contribution is -0.118. The Hall–Kier alpha value is -2.33. The van der Waals surface area contributed by atoms with Gasteiger partial charge >= 0.3 is 0 Å². The van der Waals surface area contributed by atoms with E-state index in [-0.39, 0.29) is 17.7 Å². The molecule has 2 rings (SSSR count). The molecule has 0 saturated carbocycles. The van der Waals surface area contributed by atoms with Gasteiger partial charge in [0, 0.05) is 5.69 Å². The number of hydrogen-bond acceptors (Lipinski definition) is 2. The molecule has 0 spiro atoms. The zero-order valence-corrected chi connectivity index (χ0v) is 16.4. The molecule has 0 radical (unpaired) electrons. The third-order valence-electron chi connectivity index (χ3n) is 4.34. The Kier molecular flexibility index (Phi) is 6.81. The van der Waals surface area contributed by atoms with Crippen LogP contribution in [0.4, 0.5) is 5.69 Å². The van der Waals surface area contributed by atoms with Gasteiger partial charge in [-0.1, -0.05) is 62.7 Å². The van der Waals surface area contributed by atoms with Gasteiger partial charge in [-0.05, 0) is 42.5 Å². The smallest absolute Gasteiger partial charge is 0.253 e. The van der Waals surface area contributed by atoms with Gasteiger partial charge < -0.3 is 10.6 Å². The Balaban J connectivity index is 2.21. The average Bonchev–Trinajstić information content (AvgIpc) is 2.61. The van der Waals surface area contributed by atoms with E-state index in [1.807, 2.05) is 45.9 Å². The molecule has 0 heterocycles. The Morgan fingerprint density at radius 3 is 2.38 bits per heavy atom. The second kappa shape index (κ2) is 8.86. The topological polar surface area (TPSA) is 58.2 Å². The number of nitrogens with one attached hydrogen (secondary N) is 2. The van der Waals surface area contributed by atoms with E-state index in [4.69, 9.17) is 11.6 Å². The van der Waals surface area contributed by atoms with Crippen molar-refractivity contribution in [2.45, 2.75) is 40.2 Å². The van der Waals surface area contributed by atoms with E-state index in [1.165, 1.54) is 0 Å². The summed E-state index contributed by atoms with van der Waals surface area (Å²) in [5, 5.41) is 6.17. The summed E-state index contributed by atoms with van der Waals surface area (Å²) in [6, 6.07) is 12.1. The van der Waals surface area contributed by atoms with Crippen LogP contribution in [0.25, 0.3) is 0 Å². The lowest BCUT2D eigenvalue weighted by Gasteiger charge is -2.23. The third kappa shape index (κ3) is 4.64. The second-order valence-electron chi connectivity index (χ2n) is 6.63. The summed E-state index contributed by atoms with van der Waals surface area (Å²) in [5.74, 6) is -0.662. The van der Waals surface area contributed by atoms with Gasteiger partial charge in [0.2, 0.25) is 5.91 Å². The molecule has 5 heteroatoms. The summed E-state index contributed by atoms with van der Waals surface area (Å²) >= 11 is 6.09. The number of halogens is 1. The van der Waals surface area contributed by atoms with Crippen LogP contribution in [0.5, 0.6) is 0 Å². The van der Waals surface area contributed by atoms with Crippen molar-refractivity contribution in [3.8, 4) is 0 Å². The second-order valence-corrected chi connectivity index (χ2v) is 7.03. The molecule has 2 aromatic rings. The van der Waals surface area contributed by atoms with Gasteiger partial charge in [0.25, 0.3) is 5.91 Å². The van der Waals surface area contributed by atoms with E-state index in [2.05, 4.69) is 10.6 Å². The zero-order valence-electron chi connectivity index (χ0n) is 15.6. The van der Waals surface area contributed by atoms with Gasteiger partial charge in [-0.3, -0.25) is 9.59 Å². The number of aryl methyl sites for hydroxylation is 2. The van der Waals surface area contributed by atoms with Gasteiger partial charge in [0.05, 0.1) is 10.6 Å². The molecule has 0 aliphatic rings. The summed E-state index contributed by atoms with van der Waals surface area (Å²) in [6.07, 6.45) is 0.815. The monoisotopic (exact) mass is 372 g/mol. The molecule has 0 bridgehead atoms. The van der Waals surface area contributed by atoms with Crippen molar-refractivity contribution in [1.82, 2.24) is 5.32 Å². The van der Waals surface area contributed by atoms with Crippen molar-refractivity contribution in [2.24, 2.45) is 5.92 Å². The molecule has 0 aliphatic heterocycles. The van der Waals surface area contributed by atoms with E-state index < -0.39 is 6.04 Å². The third-order valence-corrected chi connectivity index (χ3v) is 4.67. The number of hydrogen-bond donors (Lipinski definition) is 2. The molecular weight excluding hydrogens is 348 g/mol. The largest absolute Gasteiger partial charge is 0.340 e. The summed E-state index contributed by atoms with van der Waals surface area (Å²) in [6.45, 7) is 7.80. The number of benzene rings is 2.